The maximum atomic E-state index is 5.95. The highest BCUT2D eigenvalue weighted by molar-refractivity contribution is 6.34. The van der Waals surface area contributed by atoms with Crippen molar-refractivity contribution >= 4 is 34.8 Å². The molecule has 0 spiro atoms. The lowest BCUT2D eigenvalue weighted by molar-refractivity contribution is 0.301. The number of hydrogen-bond acceptors (Lipinski definition) is 3. The van der Waals surface area contributed by atoms with E-state index >= 15 is 0 Å². The third-order valence-electron chi connectivity index (χ3n) is 1.94. The van der Waals surface area contributed by atoms with Crippen LogP contribution in [0, 0.1) is 0 Å². The maximum Gasteiger partial charge on any atom is 0.147 e. The molecule has 0 radical (unpaired) electrons. The molecular weight excluding hydrogens is 282 g/mol. The van der Waals surface area contributed by atoms with Gasteiger partial charge < -0.3 is 4.74 Å². The van der Waals surface area contributed by atoms with Crippen molar-refractivity contribution in [3.63, 3.8) is 0 Å². The summed E-state index contributed by atoms with van der Waals surface area (Å²) >= 11 is 17.4. The van der Waals surface area contributed by atoms with Crippen LogP contribution in [0.2, 0.25) is 15.2 Å². The zero-order chi connectivity index (χ0) is 12.3. The second kappa shape index (κ2) is 5.54. The number of benzene rings is 1. The number of aromatic nitrogens is 2. The fraction of sp³-hybridized carbons (Fsp3) is 0.0909. The molecule has 0 aliphatic heterocycles. The van der Waals surface area contributed by atoms with E-state index in [2.05, 4.69) is 9.97 Å². The molecule has 17 heavy (non-hydrogen) atoms. The summed E-state index contributed by atoms with van der Waals surface area (Å²) in [5, 5.41) is 1.40. The summed E-state index contributed by atoms with van der Waals surface area (Å²) in [6, 6.07) is 5.01. The van der Waals surface area contributed by atoms with E-state index in [1.165, 1.54) is 6.20 Å². The molecule has 3 nitrogen and oxygen atoms in total. The molecule has 0 saturated carbocycles. The molecule has 0 N–H and O–H groups in total. The first-order valence-electron chi connectivity index (χ1n) is 4.69. The molecule has 1 aromatic heterocycles. The van der Waals surface area contributed by atoms with Crippen LogP contribution >= 0.6 is 34.8 Å². The first kappa shape index (κ1) is 12.4. The highest BCUT2D eigenvalue weighted by atomic mass is 35.5. The zero-order valence-electron chi connectivity index (χ0n) is 8.53. The predicted molar refractivity (Wildman–Crippen MR) is 67.8 cm³/mol. The van der Waals surface area contributed by atoms with Crippen LogP contribution in [0.5, 0.6) is 5.75 Å². The normalized spacial score (nSPS) is 10.3. The summed E-state index contributed by atoms with van der Waals surface area (Å²) in [4.78, 5) is 7.95. The van der Waals surface area contributed by atoms with Gasteiger partial charge in [-0.1, -0.05) is 34.8 Å². The minimum absolute atomic E-state index is 0.254. The number of nitrogens with zero attached hydrogens (tertiary/aromatic N) is 2. The Morgan fingerprint density at radius 3 is 2.59 bits per heavy atom. The van der Waals surface area contributed by atoms with Gasteiger partial charge in [-0.15, -0.1) is 0 Å². The minimum atomic E-state index is 0.254. The topological polar surface area (TPSA) is 35.0 Å². The molecule has 0 fully saturated rings. The maximum absolute atomic E-state index is 5.95. The van der Waals surface area contributed by atoms with Crippen molar-refractivity contribution in [2.75, 3.05) is 0 Å². The number of ether oxygens (including phenoxy) is 1. The van der Waals surface area contributed by atoms with Crippen LogP contribution < -0.4 is 4.74 Å². The zero-order valence-corrected chi connectivity index (χ0v) is 10.8. The molecule has 0 atom stereocenters. The van der Waals surface area contributed by atoms with Crippen molar-refractivity contribution in [3.05, 3.63) is 51.5 Å². The highest BCUT2D eigenvalue weighted by Crippen LogP contribution is 2.28. The van der Waals surface area contributed by atoms with Gasteiger partial charge in [0.2, 0.25) is 0 Å². The SMILES string of the molecule is Clc1ccc(Cl)c(OCc2cnc(Cl)cn2)c1. The lowest BCUT2D eigenvalue weighted by atomic mass is 10.3. The Morgan fingerprint density at radius 2 is 1.88 bits per heavy atom. The van der Waals surface area contributed by atoms with E-state index in [4.69, 9.17) is 39.5 Å². The van der Waals surface area contributed by atoms with Gasteiger partial charge in [-0.25, -0.2) is 4.98 Å². The highest BCUT2D eigenvalue weighted by Gasteiger charge is 2.04. The average Bonchev–Trinajstić information content (AvgIpc) is 2.32. The van der Waals surface area contributed by atoms with Gasteiger partial charge in [0.25, 0.3) is 0 Å². The third-order valence-corrected chi connectivity index (χ3v) is 2.69. The second-order valence-electron chi connectivity index (χ2n) is 3.19. The lowest BCUT2D eigenvalue weighted by Crippen LogP contribution is -1.99. The monoisotopic (exact) mass is 288 g/mol. The molecule has 0 bridgehead atoms. The number of rotatable bonds is 3. The van der Waals surface area contributed by atoms with Gasteiger partial charge in [-0.2, -0.15) is 0 Å². The Kier molecular flexibility index (Phi) is 4.05. The van der Waals surface area contributed by atoms with E-state index in [-0.39, 0.29) is 6.61 Å². The van der Waals surface area contributed by atoms with Crippen LogP contribution in [0.3, 0.4) is 0 Å². The smallest absolute Gasteiger partial charge is 0.147 e. The van der Waals surface area contributed by atoms with Crippen LogP contribution in [0.1, 0.15) is 5.69 Å². The Morgan fingerprint density at radius 1 is 1.06 bits per heavy atom. The van der Waals surface area contributed by atoms with Crippen molar-refractivity contribution in [1.82, 2.24) is 9.97 Å². The average molecular weight is 290 g/mol. The van der Waals surface area contributed by atoms with Crippen molar-refractivity contribution in [2.45, 2.75) is 6.61 Å². The molecule has 0 aliphatic rings. The van der Waals surface area contributed by atoms with E-state index in [0.29, 0.717) is 26.6 Å². The van der Waals surface area contributed by atoms with Crippen molar-refractivity contribution in [1.29, 1.82) is 0 Å². The van der Waals surface area contributed by atoms with Crippen molar-refractivity contribution in [2.24, 2.45) is 0 Å². The van der Waals surface area contributed by atoms with E-state index in [0.717, 1.165) is 0 Å². The molecule has 2 aromatic rings. The first-order chi connectivity index (χ1) is 8.15. The molecule has 2 rings (SSSR count). The van der Waals surface area contributed by atoms with E-state index in [9.17, 15) is 0 Å². The summed E-state index contributed by atoms with van der Waals surface area (Å²) in [6.45, 7) is 0.254. The molecule has 88 valence electrons. The molecule has 0 aliphatic carbocycles. The van der Waals surface area contributed by atoms with Crippen LogP contribution in [-0.2, 0) is 6.61 Å². The molecule has 0 unspecified atom stereocenters. The summed E-state index contributed by atoms with van der Waals surface area (Å²) < 4.78 is 5.48. The Labute approximate surface area is 113 Å². The summed E-state index contributed by atoms with van der Waals surface area (Å²) in [6.07, 6.45) is 3.00. The van der Waals surface area contributed by atoms with Gasteiger partial charge in [-0.05, 0) is 12.1 Å². The Bertz CT molecular complexity index is 517. The number of hydrogen-bond donors (Lipinski definition) is 0. The first-order valence-corrected chi connectivity index (χ1v) is 5.83. The Balaban J connectivity index is 2.07. The van der Waals surface area contributed by atoms with Crippen LogP contribution in [0.25, 0.3) is 0 Å². The molecule has 1 heterocycles. The van der Waals surface area contributed by atoms with E-state index in [1.807, 2.05) is 0 Å². The van der Waals surface area contributed by atoms with Gasteiger partial charge in [0.15, 0.2) is 0 Å². The predicted octanol–water partition coefficient (Wildman–Crippen LogP) is 4.02. The molecule has 0 saturated heterocycles. The van der Waals surface area contributed by atoms with Crippen molar-refractivity contribution in [3.8, 4) is 5.75 Å². The third kappa shape index (κ3) is 3.46. The quantitative estimate of drug-likeness (QED) is 0.856. The minimum Gasteiger partial charge on any atom is -0.486 e. The fourth-order valence-electron chi connectivity index (χ4n) is 1.15. The summed E-state index contributed by atoms with van der Waals surface area (Å²) in [5.74, 6) is 0.510. The van der Waals surface area contributed by atoms with Gasteiger partial charge in [-0.3, -0.25) is 4.98 Å². The lowest BCUT2D eigenvalue weighted by Gasteiger charge is -2.07. The fourth-order valence-corrected chi connectivity index (χ4v) is 1.58. The second-order valence-corrected chi connectivity index (χ2v) is 4.42. The van der Waals surface area contributed by atoms with Crippen molar-refractivity contribution < 1.29 is 4.74 Å². The molecule has 1 aromatic carbocycles. The largest absolute Gasteiger partial charge is 0.486 e. The van der Waals surface area contributed by atoms with Gasteiger partial charge >= 0.3 is 0 Å². The molecule has 6 heteroatoms. The van der Waals surface area contributed by atoms with Crippen LogP contribution in [-0.4, -0.2) is 9.97 Å². The van der Waals surface area contributed by atoms with Gasteiger partial charge in [0.05, 0.1) is 23.1 Å². The van der Waals surface area contributed by atoms with Crippen LogP contribution in [0.15, 0.2) is 30.6 Å². The molecular formula is C11H7Cl3N2O. The van der Waals surface area contributed by atoms with Crippen LogP contribution in [0.4, 0.5) is 0 Å². The Hall–Kier alpha value is -1.03. The summed E-state index contributed by atoms with van der Waals surface area (Å²) in [7, 11) is 0. The van der Waals surface area contributed by atoms with E-state index < -0.39 is 0 Å². The standard InChI is InChI=1S/C11H7Cl3N2O/c12-7-1-2-9(13)10(3-7)17-6-8-4-16-11(14)5-15-8/h1-5H,6H2. The van der Waals surface area contributed by atoms with E-state index in [1.54, 1.807) is 24.4 Å². The van der Waals surface area contributed by atoms with Gasteiger partial charge in [0, 0.05) is 11.1 Å². The summed E-state index contributed by atoms with van der Waals surface area (Å²) in [5.41, 5.74) is 0.658. The molecule has 0 amide bonds. The van der Waals surface area contributed by atoms with Gasteiger partial charge in [0.1, 0.15) is 17.5 Å². The number of halogens is 3.